The summed E-state index contributed by atoms with van der Waals surface area (Å²) in [5.74, 6) is 0.657. The summed E-state index contributed by atoms with van der Waals surface area (Å²) in [6.07, 6.45) is 5.39. The van der Waals surface area contributed by atoms with Crippen LogP contribution in [0, 0.1) is 6.92 Å². The molecule has 5 heteroatoms. The van der Waals surface area contributed by atoms with E-state index in [0.29, 0.717) is 4.88 Å². The van der Waals surface area contributed by atoms with Crippen LogP contribution in [0.15, 0.2) is 0 Å². The normalized spacial score (nSPS) is 16.4. The molecule has 0 atom stereocenters. The molecule has 1 aromatic rings. The van der Waals surface area contributed by atoms with Crippen LogP contribution in [-0.4, -0.2) is 23.3 Å². The van der Waals surface area contributed by atoms with Gasteiger partial charge in [-0.05, 0) is 19.8 Å². The molecule has 0 amide bonds. The Kier molecular flexibility index (Phi) is 4.45. The number of aryl methyl sites for hydroxylation is 1. The summed E-state index contributed by atoms with van der Waals surface area (Å²) in [6, 6.07) is 0. The lowest BCUT2D eigenvalue weighted by atomic mass is 10.4. The second-order valence-corrected chi connectivity index (χ2v) is 6.60. The zero-order chi connectivity index (χ0) is 12.3. The SMILES string of the molecule is COC(=O)c1sc(CSC2CCCC2)nc1C. The average molecular weight is 271 g/mol. The highest BCUT2D eigenvalue weighted by molar-refractivity contribution is 7.99. The van der Waals surface area contributed by atoms with Gasteiger partial charge >= 0.3 is 5.97 Å². The first kappa shape index (κ1) is 12.9. The first-order chi connectivity index (χ1) is 8.20. The monoisotopic (exact) mass is 271 g/mol. The van der Waals surface area contributed by atoms with E-state index in [1.807, 2.05) is 18.7 Å². The van der Waals surface area contributed by atoms with E-state index in [1.54, 1.807) is 0 Å². The molecule has 0 radical (unpaired) electrons. The van der Waals surface area contributed by atoms with Crippen molar-refractivity contribution < 1.29 is 9.53 Å². The van der Waals surface area contributed by atoms with Crippen LogP contribution in [0.25, 0.3) is 0 Å². The van der Waals surface area contributed by atoms with Crippen molar-refractivity contribution in [3.63, 3.8) is 0 Å². The minimum Gasteiger partial charge on any atom is -0.465 e. The van der Waals surface area contributed by atoms with Gasteiger partial charge in [0.25, 0.3) is 0 Å². The molecule has 0 saturated heterocycles. The Labute approximate surface area is 110 Å². The van der Waals surface area contributed by atoms with Gasteiger partial charge in [-0.3, -0.25) is 0 Å². The summed E-state index contributed by atoms with van der Waals surface area (Å²) in [5, 5.41) is 1.83. The maximum absolute atomic E-state index is 11.4. The van der Waals surface area contributed by atoms with Gasteiger partial charge in [0.15, 0.2) is 0 Å². The highest BCUT2D eigenvalue weighted by atomic mass is 32.2. The molecule has 0 bridgehead atoms. The number of nitrogens with zero attached hydrogens (tertiary/aromatic N) is 1. The molecule has 1 fully saturated rings. The molecule has 0 spiro atoms. The molecule has 1 aliphatic rings. The van der Waals surface area contributed by atoms with E-state index in [9.17, 15) is 4.79 Å². The highest BCUT2D eigenvalue weighted by Crippen LogP contribution is 2.33. The standard InChI is InChI=1S/C12H17NO2S2/c1-8-11(12(14)15-2)17-10(13-8)7-16-9-5-3-4-6-9/h9H,3-7H2,1-2H3. The lowest BCUT2D eigenvalue weighted by molar-refractivity contribution is 0.0605. The number of hydrogen-bond donors (Lipinski definition) is 0. The van der Waals surface area contributed by atoms with E-state index in [4.69, 9.17) is 4.74 Å². The molecule has 0 aromatic carbocycles. The van der Waals surface area contributed by atoms with E-state index in [1.165, 1.54) is 44.1 Å². The number of thioether (sulfide) groups is 1. The van der Waals surface area contributed by atoms with Crippen molar-refractivity contribution in [2.24, 2.45) is 0 Å². The minimum absolute atomic E-state index is 0.267. The first-order valence-corrected chi connectivity index (χ1v) is 7.73. The molecule has 3 nitrogen and oxygen atoms in total. The number of ether oxygens (including phenoxy) is 1. The summed E-state index contributed by atoms with van der Waals surface area (Å²) in [5.41, 5.74) is 0.795. The third-order valence-electron chi connectivity index (χ3n) is 2.96. The van der Waals surface area contributed by atoms with Gasteiger partial charge in [-0.2, -0.15) is 11.8 Å². The molecule has 0 aliphatic heterocycles. The van der Waals surface area contributed by atoms with Crippen LogP contribution < -0.4 is 0 Å². The Bertz CT molecular complexity index is 397. The second kappa shape index (κ2) is 5.87. The lowest BCUT2D eigenvalue weighted by Crippen LogP contribution is -1.99. The highest BCUT2D eigenvalue weighted by Gasteiger charge is 2.18. The number of aromatic nitrogens is 1. The topological polar surface area (TPSA) is 39.2 Å². The molecule has 2 rings (SSSR count). The summed E-state index contributed by atoms with van der Waals surface area (Å²) < 4.78 is 4.73. The first-order valence-electron chi connectivity index (χ1n) is 5.87. The van der Waals surface area contributed by atoms with E-state index in [2.05, 4.69) is 4.98 Å². The fraction of sp³-hybridized carbons (Fsp3) is 0.667. The largest absolute Gasteiger partial charge is 0.465 e. The number of rotatable bonds is 4. The van der Waals surface area contributed by atoms with Gasteiger partial charge < -0.3 is 4.74 Å². The van der Waals surface area contributed by atoms with Crippen LogP contribution in [0.2, 0.25) is 0 Å². The maximum Gasteiger partial charge on any atom is 0.349 e. The molecule has 17 heavy (non-hydrogen) atoms. The van der Waals surface area contributed by atoms with Crippen molar-refractivity contribution in [3.8, 4) is 0 Å². The number of carbonyl (C=O) groups excluding carboxylic acids is 1. The Hall–Kier alpha value is -0.550. The summed E-state index contributed by atoms with van der Waals surface area (Å²) in [4.78, 5) is 16.5. The van der Waals surface area contributed by atoms with Crippen LogP contribution in [0.5, 0.6) is 0 Å². The van der Waals surface area contributed by atoms with Crippen LogP contribution in [-0.2, 0) is 10.5 Å². The van der Waals surface area contributed by atoms with Crippen molar-refractivity contribution in [1.29, 1.82) is 0 Å². The van der Waals surface area contributed by atoms with Crippen LogP contribution in [0.3, 0.4) is 0 Å². The molecular formula is C12H17NO2S2. The number of esters is 1. The van der Waals surface area contributed by atoms with Crippen molar-refractivity contribution in [1.82, 2.24) is 4.98 Å². The van der Waals surface area contributed by atoms with Crippen LogP contribution in [0.1, 0.15) is 46.1 Å². The van der Waals surface area contributed by atoms with Crippen molar-refractivity contribution >= 4 is 29.1 Å². The van der Waals surface area contributed by atoms with Crippen LogP contribution >= 0.6 is 23.1 Å². The molecule has 94 valence electrons. The Morgan fingerprint density at radius 2 is 2.24 bits per heavy atom. The zero-order valence-corrected chi connectivity index (χ0v) is 11.8. The molecule has 0 N–H and O–H groups in total. The van der Waals surface area contributed by atoms with Gasteiger partial charge in [0.1, 0.15) is 9.88 Å². The minimum atomic E-state index is -0.267. The summed E-state index contributed by atoms with van der Waals surface area (Å²) >= 11 is 3.44. The van der Waals surface area contributed by atoms with Crippen molar-refractivity contribution in [2.75, 3.05) is 7.11 Å². The van der Waals surface area contributed by atoms with Gasteiger partial charge in [0.2, 0.25) is 0 Å². The molecule has 1 aromatic heterocycles. The number of hydrogen-bond acceptors (Lipinski definition) is 5. The Morgan fingerprint density at radius 1 is 1.53 bits per heavy atom. The van der Waals surface area contributed by atoms with E-state index < -0.39 is 0 Å². The fourth-order valence-electron chi connectivity index (χ4n) is 2.04. The van der Waals surface area contributed by atoms with Gasteiger partial charge in [-0.15, -0.1) is 11.3 Å². The molecular weight excluding hydrogens is 254 g/mol. The Balaban J connectivity index is 1.94. The number of methoxy groups -OCH3 is 1. The second-order valence-electron chi connectivity index (χ2n) is 4.23. The van der Waals surface area contributed by atoms with Crippen molar-refractivity contribution in [3.05, 3.63) is 15.6 Å². The smallest absolute Gasteiger partial charge is 0.349 e. The Morgan fingerprint density at radius 3 is 2.88 bits per heavy atom. The zero-order valence-electron chi connectivity index (χ0n) is 10.2. The number of carbonyl (C=O) groups is 1. The van der Waals surface area contributed by atoms with E-state index in [-0.39, 0.29) is 5.97 Å². The molecule has 1 aliphatic carbocycles. The third-order valence-corrected chi connectivity index (χ3v) is 5.66. The summed E-state index contributed by atoms with van der Waals surface area (Å²) in [6.45, 7) is 1.87. The van der Waals surface area contributed by atoms with E-state index >= 15 is 0 Å². The number of thiazole rings is 1. The van der Waals surface area contributed by atoms with Crippen LogP contribution in [0.4, 0.5) is 0 Å². The van der Waals surface area contributed by atoms with Gasteiger partial charge in [-0.25, -0.2) is 9.78 Å². The maximum atomic E-state index is 11.4. The van der Waals surface area contributed by atoms with Gasteiger partial charge in [-0.1, -0.05) is 12.8 Å². The predicted octanol–water partition coefficient (Wildman–Crippen LogP) is 3.41. The van der Waals surface area contributed by atoms with Gasteiger partial charge in [0, 0.05) is 11.0 Å². The molecule has 0 unspecified atom stereocenters. The quantitative estimate of drug-likeness (QED) is 0.787. The van der Waals surface area contributed by atoms with Gasteiger partial charge in [0.05, 0.1) is 12.8 Å². The summed E-state index contributed by atoms with van der Waals surface area (Å²) in [7, 11) is 1.41. The molecule has 1 saturated carbocycles. The lowest BCUT2D eigenvalue weighted by Gasteiger charge is -2.05. The average Bonchev–Trinajstić information content (AvgIpc) is 2.94. The third kappa shape index (κ3) is 3.22. The predicted molar refractivity (Wildman–Crippen MR) is 71.7 cm³/mol. The fourth-order valence-corrected chi connectivity index (χ4v) is 4.37. The van der Waals surface area contributed by atoms with Crippen molar-refractivity contribution in [2.45, 2.75) is 43.6 Å². The van der Waals surface area contributed by atoms with E-state index in [0.717, 1.165) is 21.7 Å². The molecule has 1 heterocycles.